The monoisotopic (exact) mass is 368 g/mol. The molecule has 0 saturated heterocycles. The summed E-state index contributed by atoms with van der Waals surface area (Å²) < 4.78 is 11.5. The minimum Gasteiger partial charge on any atom is -0.493 e. The normalized spacial score (nSPS) is 23.1. The zero-order chi connectivity index (χ0) is 16.9. The molecule has 1 aromatic carbocycles. The van der Waals surface area contributed by atoms with Crippen molar-refractivity contribution in [3.63, 3.8) is 0 Å². The maximum Gasteiger partial charge on any atom is 0.223 e. The number of nitrogens with one attached hydrogen (secondary N) is 1. The second-order valence-corrected chi connectivity index (χ2v) is 7.00. The molecule has 0 heterocycles. The second-order valence-electron chi connectivity index (χ2n) is 7.00. The SMILES string of the molecule is COc1ccc(CNC(=O)C2CCC(N)C2)cc1OC1CCCC1.Cl. The van der Waals surface area contributed by atoms with Crippen LogP contribution in [-0.2, 0) is 11.3 Å². The van der Waals surface area contributed by atoms with Crippen molar-refractivity contribution in [3.8, 4) is 11.5 Å². The molecule has 2 aliphatic rings. The summed E-state index contributed by atoms with van der Waals surface area (Å²) in [6.45, 7) is 0.510. The van der Waals surface area contributed by atoms with Crippen LogP contribution in [-0.4, -0.2) is 25.2 Å². The van der Waals surface area contributed by atoms with Crippen LogP contribution in [0.5, 0.6) is 11.5 Å². The molecule has 2 unspecified atom stereocenters. The number of nitrogens with two attached hydrogens (primary N) is 1. The Balaban J connectivity index is 0.00000225. The summed E-state index contributed by atoms with van der Waals surface area (Å²) in [5, 5.41) is 3.03. The predicted octanol–water partition coefficient (Wildman–Crippen LogP) is 3.18. The van der Waals surface area contributed by atoms with Gasteiger partial charge in [-0.1, -0.05) is 6.07 Å². The highest BCUT2D eigenvalue weighted by Gasteiger charge is 2.27. The Morgan fingerprint density at radius 1 is 1.20 bits per heavy atom. The predicted molar refractivity (Wildman–Crippen MR) is 100 cm³/mol. The molecule has 140 valence electrons. The molecule has 1 amide bonds. The molecule has 6 heteroatoms. The number of carbonyl (C=O) groups is 1. The molecule has 0 aromatic heterocycles. The van der Waals surface area contributed by atoms with Gasteiger partial charge in [0, 0.05) is 18.5 Å². The minimum atomic E-state index is 0. The Labute approximate surface area is 156 Å². The zero-order valence-corrected chi connectivity index (χ0v) is 15.6. The molecular weight excluding hydrogens is 340 g/mol. The highest BCUT2D eigenvalue weighted by atomic mass is 35.5. The summed E-state index contributed by atoms with van der Waals surface area (Å²) in [6, 6.07) is 6.05. The fraction of sp³-hybridized carbons (Fsp3) is 0.632. The van der Waals surface area contributed by atoms with E-state index >= 15 is 0 Å². The third-order valence-corrected chi connectivity index (χ3v) is 5.13. The lowest BCUT2D eigenvalue weighted by atomic mass is 10.1. The first-order chi connectivity index (χ1) is 11.7. The van der Waals surface area contributed by atoms with E-state index in [1.807, 2.05) is 18.2 Å². The van der Waals surface area contributed by atoms with E-state index in [9.17, 15) is 4.79 Å². The van der Waals surface area contributed by atoms with Crippen LogP contribution in [0.25, 0.3) is 0 Å². The molecule has 0 bridgehead atoms. The van der Waals surface area contributed by atoms with E-state index in [-0.39, 0.29) is 36.4 Å². The molecule has 3 N–H and O–H groups in total. The van der Waals surface area contributed by atoms with Crippen molar-refractivity contribution in [3.05, 3.63) is 23.8 Å². The van der Waals surface area contributed by atoms with Crippen LogP contribution in [0.15, 0.2) is 18.2 Å². The summed E-state index contributed by atoms with van der Waals surface area (Å²) in [6.07, 6.45) is 7.58. The molecule has 0 aliphatic heterocycles. The van der Waals surface area contributed by atoms with E-state index in [2.05, 4.69) is 5.32 Å². The first-order valence-corrected chi connectivity index (χ1v) is 9.02. The zero-order valence-electron chi connectivity index (χ0n) is 14.8. The average molecular weight is 369 g/mol. The molecule has 0 spiro atoms. The van der Waals surface area contributed by atoms with E-state index in [4.69, 9.17) is 15.2 Å². The Morgan fingerprint density at radius 2 is 1.96 bits per heavy atom. The molecule has 0 radical (unpaired) electrons. The van der Waals surface area contributed by atoms with Gasteiger partial charge in [0.1, 0.15) is 0 Å². The van der Waals surface area contributed by atoms with E-state index in [0.717, 1.165) is 49.2 Å². The molecule has 3 rings (SSSR count). The fourth-order valence-corrected chi connectivity index (χ4v) is 3.70. The molecule has 1 aromatic rings. The number of ether oxygens (including phenoxy) is 2. The first-order valence-electron chi connectivity index (χ1n) is 9.02. The lowest BCUT2D eigenvalue weighted by Crippen LogP contribution is -2.30. The molecular formula is C19H29ClN2O3. The van der Waals surface area contributed by atoms with Gasteiger partial charge in [-0.25, -0.2) is 0 Å². The van der Waals surface area contributed by atoms with Crippen LogP contribution >= 0.6 is 12.4 Å². The van der Waals surface area contributed by atoms with Gasteiger partial charge in [0.2, 0.25) is 5.91 Å². The van der Waals surface area contributed by atoms with Crippen LogP contribution < -0.4 is 20.5 Å². The van der Waals surface area contributed by atoms with Gasteiger partial charge in [0.25, 0.3) is 0 Å². The van der Waals surface area contributed by atoms with E-state index < -0.39 is 0 Å². The summed E-state index contributed by atoms with van der Waals surface area (Å²) in [5.74, 6) is 1.70. The van der Waals surface area contributed by atoms with Gasteiger partial charge in [0.15, 0.2) is 11.5 Å². The van der Waals surface area contributed by atoms with Crippen LogP contribution in [0, 0.1) is 5.92 Å². The fourth-order valence-electron chi connectivity index (χ4n) is 3.70. The van der Waals surface area contributed by atoms with Crippen molar-refractivity contribution < 1.29 is 14.3 Å². The van der Waals surface area contributed by atoms with Crippen molar-refractivity contribution in [2.45, 2.75) is 63.6 Å². The molecule has 2 saturated carbocycles. The number of hydrogen-bond acceptors (Lipinski definition) is 4. The van der Waals surface area contributed by atoms with Crippen molar-refractivity contribution in [1.29, 1.82) is 0 Å². The molecule has 2 fully saturated rings. The Morgan fingerprint density at radius 3 is 2.60 bits per heavy atom. The van der Waals surface area contributed by atoms with Crippen LogP contribution in [0.2, 0.25) is 0 Å². The maximum absolute atomic E-state index is 12.2. The Hall–Kier alpha value is -1.46. The van der Waals surface area contributed by atoms with E-state index in [1.165, 1.54) is 12.8 Å². The van der Waals surface area contributed by atoms with Gasteiger partial charge in [0.05, 0.1) is 13.2 Å². The van der Waals surface area contributed by atoms with Crippen LogP contribution in [0.3, 0.4) is 0 Å². The summed E-state index contributed by atoms with van der Waals surface area (Å²) in [7, 11) is 1.65. The topological polar surface area (TPSA) is 73.6 Å². The third kappa shape index (κ3) is 5.25. The summed E-state index contributed by atoms with van der Waals surface area (Å²) >= 11 is 0. The van der Waals surface area contributed by atoms with Crippen molar-refractivity contribution in [1.82, 2.24) is 5.32 Å². The summed E-state index contributed by atoms with van der Waals surface area (Å²) in [5.41, 5.74) is 6.92. The highest BCUT2D eigenvalue weighted by Crippen LogP contribution is 2.32. The van der Waals surface area contributed by atoms with Gasteiger partial charge in [-0.05, 0) is 62.6 Å². The van der Waals surface area contributed by atoms with Gasteiger partial charge < -0.3 is 20.5 Å². The number of methoxy groups -OCH3 is 1. The Kier molecular flexibility index (Phi) is 7.38. The minimum absolute atomic E-state index is 0. The van der Waals surface area contributed by atoms with Gasteiger partial charge in [-0.2, -0.15) is 0 Å². The highest BCUT2D eigenvalue weighted by molar-refractivity contribution is 5.85. The largest absolute Gasteiger partial charge is 0.493 e. The third-order valence-electron chi connectivity index (χ3n) is 5.13. The van der Waals surface area contributed by atoms with E-state index in [0.29, 0.717) is 6.54 Å². The maximum atomic E-state index is 12.2. The number of carbonyl (C=O) groups excluding carboxylic acids is 1. The van der Waals surface area contributed by atoms with Gasteiger partial charge >= 0.3 is 0 Å². The second kappa shape index (κ2) is 9.30. The molecule has 2 atom stereocenters. The Bertz CT molecular complexity index is 576. The van der Waals surface area contributed by atoms with Crippen molar-refractivity contribution in [2.24, 2.45) is 11.7 Å². The van der Waals surface area contributed by atoms with Crippen molar-refractivity contribution >= 4 is 18.3 Å². The van der Waals surface area contributed by atoms with E-state index in [1.54, 1.807) is 7.11 Å². The number of halogens is 1. The quantitative estimate of drug-likeness (QED) is 0.808. The van der Waals surface area contributed by atoms with Crippen molar-refractivity contribution in [2.75, 3.05) is 7.11 Å². The van der Waals surface area contributed by atoms with Crippen LogP contribution in [0.1, 0.15) is 50.5 Å². The number of benzene rings is 1. The smallest absolute Gasteiger partial charge is 0.223 e. The standard InChI is InChI=1S/C19H28N2O3.ClH/c1-23-17-9-6-13(10-18(17)24-16-4-2-3-5-16)12-21-19(22)14-7-8-15(20)11-14;/h6,9-10,14-16H,2-5,7-8,11-12,20H2,1H3,(H,21,22);1H. The lowest BCUT2D eigenvalue weighted by molar-refractivity contribution is -0.125. The lowest BCUT2D eigenvalue weighted by Gasteiger charge is -2.17. The number of rotatable bonds is 6. The summed E-state index contributed by atoms with van der Waals surface area (Å²) in [4.78, 5) is 12.2. The molecule has 5 nitrogen and oxygen atoms in total. The molecule has 25 heavy (non-hydrogen) atoms. The number of amides is 1. The van der Waals surface area contributed by atoms with Gasteiger partial charge in [-0.15, -0.1) is 12.4 Å². The molecule has 2 aliphatic carbocycles. The first kappa shape index (κ1) is 19.9. The van der Waals surface area contributed by atoms with Crippen LogP contribution in [0.4, 0.5) is 0 Å². The average Bonchev–Trinajstić information content (AvgIpc) is 3.24. The van der Waals surface area contributed by atoms with Gasteiger partial charge in [-0.3, -0.25) is 4.79 Å². The number of hydrogen-bond donors (Lipinski definition) is 2.